The highest BCUT2D eigenvalue weighted by atomic mass is 35.5. The van der Waals surface area contributed by atoms with Crippen molar-refractivity contribution in [1.29, 1.82) is 0 Å². The van der Waals surface area contributed by atoms with Crippen molar-refractivity contribution in [3.63, 3.8) is 0 Å². The molecule has 0 spiro atoms. The molecular formula is C23H15Cl2NO4S. The van der Waals surface area contributed by atoms with E-state index < -0.39 is 5.97 Å². The molecule has 31 heavy (non-hydrogen) atoms. The molecule has 0 bridgehead atoms. The molecule has 4 aromatic rings. The highest BCUT2D eigenvalue weighted by Gasteiger charge is 2.16. The number of carboxylic acid groups (broad SMARTS) is 1. The van der Waals surface area contributed by atoms with Crippen LogP contribution < -0.4 is 4.74 Å². The Kier molecular flexibility index (Phi) is 6.51. The van der Waals surface area contributed by atoms with E-state index in [1.54, 1.807) is 36.4 Å². The first kappa shape index (κ1) is 21.3. The predicted octanol–water partition coefficient (Wildman–Crippen LogP) is 6.93. The number of hydrogen-bond acceptors (Lipinski definition) is 5. The Hall–Kier alpha value is -2.93. The van der Waals surface area contributed by atoms with Crippen molar-refractivity contribution in [2.45, 2.75) is 11.8 Å². The third kappa shape index (κ3) is 5.22. The van der Waals surface area contributed by atoms with Crippen molar-refractivity contribution in [3.8, 4) is 5.75 Å². The molecule has 1 aromatic heterocycles. The van der Waals surface area contributed by atoms with Gasteiger partial charge in [-0.3, -0.25) is 0 Å². The summed E-state index contributed by atoms with van der Waals surface area (Å²) in [6.45, 7) is 0.225. The lowest BCUT2D eigenvalue weighted by atomic mass is 10.2. The number of benzene rings is 3. The van der Waals surface area contributed by atoms with Crippen LogP contribution in [0.15, 0.2) is 81.3 Å². The van der Waals surface area contributed by atoms with Crippen molar-refractivity contribution in [2.24, 2.45) is 0 Å². The van der Waals surface area contributed by atoms with Gasteiger partial charge in [0.25, 0.3) is 5.22 Å². The maximum Gasteiger partial charge on any atom is 0.342 e. The molecule has 0 fully saturated rings. The molecule has 8 heteroatoms. The first-order valence-electron chi connectivity index (χ1n) is 9.14. The summed E-state index contributed by atoms with van der Waals surface area (Å²) in [5.74, 6) is -0.648. The molecule has 0 aliphatic carbocycles. The average molecular weight is 472 g/mol. The van der Waals surface area contributed by atoms with E-state index in [4.69, 9.17) is 32.4 Å². The monoisotopic (exact) mass is 471 g/mol. The fourth-order valence-electron chi connectivity index (χ4n) is 2.80. The van der Waals surface area contributed by atoms with E-state index in [2.05, 4.69) is 4.98 Å². The smallest absolute Gasteiger partial charge is 0.342 e. The predicted molar refractivity (Wildman–Crippen MR) is 123 cm³/mol. The molecule has 0 unspecified atom stereocenters. The number of carbonyl (C=O) groups is 1. The molecule has 0 saturated heterocycles. The van der Waals surface area contributed by atoms with Gasteiger partial charge < -0.3 is 14.3 Å². The molecule has 0 amide bonds. The molecule has 0 radical (unpaired) electrons. The summed E-state index contributed by atoms with van der Waals surface area (Å²) in [7, 11) is 0. The highest BCUT2D eigenvalue weighted by molar-refractivity contribution is 8.03. The van der Waals surface area contributed by atoms with Gasteiger partial charge in [0.1, 0.15) is 22.8 Å². The van der Waals surface area contributed by atoms with E-state index in [9.17, 15) is 9.90 Å². The number of aliphatic carboxylic acids is 1. The van der Waals surface area contributed by atoms with E-state index in [1.165, 1.54) is 6.08 Å². The minimum Gasteiger partial charge on any atom is -0.488 e. The van der Waals surface area contributed by atoms with Crippen LogP contribution in [0.1, 0.15) is 11.1 Å². The Morgan fingerprint density at radius 3 is 2.65 bits per heavy atom. The minimum atomic E-state index is -1.12. The van der Waals surface area contributed by atoms with E-state index in [0.29, 0.717) is 32.5 Å². The molecule has 0 saturated carbocycles. The lowest BCUT2D eigenvalue weighted by molar-refractivity contribution is -0.131. The van der Waals surface area contributed by atoms with E-state index in [-0.39, 0.29) is 16.7 Å². The Balaban J connectivity index is 1.63. The van der Waals surface area contributed by atoms with Crippen molar-refractivity contribution in [2.75, 3.05) is 0 Å². The van der Waals surface area contributed by atoms with Crippen LogP contribution in [0.2, 0.25) is 10.0 Å². The summed E-state index contributed by atoms with van der Waals surface area (Å²) in [6.07, 6.45) is 1.48. The Labute approximate surface area is 192 Å². The first-order chi connectivity index (χ1) is 15.0. The number of carboxylic acids is 1. The van der Waals surface area contributed by atoms with Gasteiger partial charge in [-0.1, -0.05) is 53.5 Å². The van der Waals surface area contributed by atoms with Crippen LogP contribution in [0, 0.1) is 0 Å². The zero-order valence-electron chi connectivity index (χ0n) is 15.9. The third-order valence-corrected chi connectivity index (χ3v) is 5.75. The van der Waals surface area contributed by atoms with Crippen LogP contribution in [-0.4, -0.2) is 16.1 Å². The van der Waals surface area contributed by atoms with Crippen molar-refractivity contribution in [1.82, 2.24) is 4.98 Å². The molecule has 156 valence electrons. The molecule has 0 aliphatic rings. The number of thioether (sulfide) groups is 1. The fraction of sp³-hybridized carbons (Fsp3) is 0.0435. The maximum atomic E-state index is 11.9. The van der Waals surface area contributed by atoms with Gasteiger partial charge in [-0.25, -0.2) is 9.78 Å². The number of para-hydroxylation sites is 2. The van der Waals surface area contributed by atoms with Crippen molar-refractivity contribution < 1.29 is 19.1 Å². The number of aromatic nitrogens is 1. The number of ether oxygens (including phenoxy) is 1. The standard InChI is InChI=1S/C23H15Cl2NO4S/c24-16-9-10-19(29-13-14-5-1-2-6-17(14)25)15(11-16)12-21(22(27)28)31-23-26-18-7-3-4-8-20(18)30-23/h1-12H,13H2,(H,27,28)/b21-12-. The second kappa shape index (κ2) is 9.47. The van der Waals surface area contributed by atoms with Crippen LogP contribution in [0.3, 0.4) is 0 Å². The summed E-state index contributed by atoms with van der Waals surface area (Å²) in [5.41, 5.74) is 2.57. The van der Waals surface area contributed by atoms with E-state index in [0.717, 1.165) is 17.3 Å². The third-order valence-electron chi connectivity index (χ3n) is 4.28. The second-order valence-electron chi connectivity index (χ2n) is 6.43. The van der Waals surface area contributed by atoms with Gasteiger partial charge in [0.05, 0.1) is 0 Å². The Morgan fingerprint density at radius 2 is 1.87 bits per heavy atom. The largest absolute Gasteiger partial charge is 0.488 e. The van der Waals surface area contributed by atoms with Crippen molar-refractivity contribution in [3.05, 3.63) is 92.8 Å². The normalized spacial score (nSPS) is 11.6. The Morgan fingerprint density at radius 1 is 1.10 bits per heavy atom. The molecule has 1 heterocycles. The van der Waals surface area contributed by atoms with Crippen molar-refractivity contribution >= 4 is 58.1 Å². The number of halogens is 2. The van der Waals surface area contributed by atoms with E-state index >= 15 is 0 Å². The minimum absolute atomic E-state index is 0.0106. The Bertz CT molecular complexity index is 1250. The number of hydrogen-bond donors (Lipinski definition) is 1. The summed E-state index contributed by atoms with van der Waals surface area (Å²) in [4.78, 5) is 16.2. The molecule has 0 atom stereocenters. The highest BCUT2D eigenvalue weighted by Crippen LogP contribution is 2.33. The zero-order valence-corrected chi connectivity index (χ0v) is 18.2. The molecule has 0 aliphatic heterocycles. The summed E-state index contributed by atoms with van der Waals surface area (Å²) >= 11 is 13.3. The van der Waals surface area contributed by atoms with Crippen LogP contribution >= 0.6 is 35.0 Å². The quantitative estimate of drug-likeness (QED) is 0.232. The van der Waals surface area contributed by atoms with Gasteiger partial charge in [-0.2, -0.15) is 0 Å². The van der Waals surface area contributed by atoms with Gasteiger partial charge in [-0.05, 0) is 54.2 Å². The summed E-state index contributed by atoms with van der Waals surface area (Å²) < 4.78 is 11.5. The number of fused-ring (bicyclic) bond motifs is 1. The zero-order chi connectivity index (χ0) is 21.8. The van der Waals surface area contributed by atoms with Gasteiger partial charge in [0.15, 0.2) is 5.58 Å². The molecule has 1 N–H and O–H groups in total. The summed E-state index contributed by atoms with van der Waals surface area (Å²) in [5, 5.41) is 11.0. The summed E-state index contributed by atoms with van der Waals surface area (Å²) in [6, 6.07) is 19.6. The van der Waals surface area contributed by atoms with Crippen LogP contribution in [0.25, 0.3) is 17.2 Å². The molecule has 3 aromatic carbocycles. The maximum absolute atomic E-state index is 11.9. The number of rotatable bonds is 7. The molecule has 4 rings (SSSR count). The lowest BCUT2D eigenvalue weighted by Crippen LogP contribution is -2.00. The second-order valence-corrected chi connectivity index (χ2v) is 8.26. The number of oxazole rings is 1. The fourth-order valence-corrected chi connectivity index (χ4v) is 3.91. The van der Waals surface area contributed by atoms with Crippen LogP contribution in [0.5, 0.6) is 5.75 Å². The molecular weight excluding hydrogens is 457 g/mol. The van der Waals surface area contributed by atoms with Gasteiger partial charge in [0.2, 0.25) is 0 Å². The van der Waals surface area contributed by atoms with Gasteiger partial charge in [0, 0.05) is 21.2 Å². The topological polar surface area (TPSA) is 72.6 Å². The SMILES string of the molecule is O=C(O)/C(=C/c1cc(Cl)ccc1OCc1ccccc1Cl)Sc1nc2ccccc2o1. The first-order valence-corrected chi connectivity index (χ1v) is 10.7. The van der Waals surface area contributed by atoms with E-state index in [1.807, 2.05) is 30.3 Å². The van der Waals surface area contributed by atoms with Crippen LogP contribution in [-0.2, 0) is 11.4 Å². The lowest BCUT2D eigenvalue weighted by Gasteiger charge is -2.11. The molecule has 5 nitrogen and oxygen atoms in total. The van der Waals surface area contributed by atoms with Gasteiger partial charge in [-0.15, -0.1) is 0 Å². The van der Waals surface area contributed by atoms with Gasteiger partial charge >= 0.3 is 5.97 Å². The average Bonchev–Trinajstić information content (AvgIpc) is 3.16. The van der Waals surface area contributed by atoms with Crippen LogP contribution in [0.4, 0.5) is 0 Å². The number of nitrogens with zero attached hydrogens (tertiary/aromatic N) is 1.